The largest absolute Gasteiger partial charge is 0.481 e. The van der Waals surface area contributed by atoms with Gasteiger partial charge in [0.15, 0.2) is 0 Å². The van der Waals surface area contributed by atoms with Crippen LogP contribution in [0.5, 0.6) is 0 Å². The molecule has 2 heterocycles. The van der Waals surface area contributed by atoms with Gasteiger partial charge in [0.2, 0.25) is 0 Å². The molecule has 0 spiro atoms. The van der Waals surface area contributed by atoms with E-state index in [1.807, 2.05) is 39.0 Å². The number of fused-ring (bicyclic) bond motifs is 3. The zero-order chi connectivity index (χ0) is 19.2. The highest BCUT2D eigenvalue weighted by Crippen LogP contribution is 2.47. The number of hydrogen-bond donors (Lipinski definition) is 1. The second kappa shape index (κ2) is 6.75. The number of nitrogens with zero attached hydrogens (tertiary/aromatic N) is 1. The molecule has 27 heavy (non-hydrogen) atoms. The number of aromatic nitrogens is 1. The number of hydrogen-bond acceptors (Lipinski definition) is 3. The maximum Gasteiger partial charge on any atom is 0.313 e. The Labute approximate surface area is 164 Å². The maximum absolute atomic E-state index is 12.4. The van der Waals surface area contributed by atoms with Gasteiger partial charge < -0.3 is 5.11 Å². The second-order valence-electron chi connectivity index (χ2n) is 7.74. The first kappa shape index (κ1) is 18.2. The molecule has 0 bridgehead atoms. The highest BCUT2D eigenvalue weighted by atomic mass is 32.1. The summed E-state index contributed by atoms with van der Waals surface area (Å²) in [5, 5.41) is 11.4. The lowest BCUT2D eigenvalue weighted by molar-refractivity contribution is -0.143. The molecule has 1 N–H and O–H groups in total. The molecule has 0 radical (unpaired) electrons. The van der Waals surface area contributed by atoms with Crippen LogP contribution in [0.25, 0.3) is 21.3 Å². The molecular formula is C23H25NO2S. The zero-order valence-corrected chi connectivity index (χ0v) is 16.9. The second-order valence-corrected chi connectivity index (χ2v) is 8.82. The van der Waals surface area contributed by atoms with Crippen LogP contribution in [0.1, 0.15) is 54.8 Å². The average Bonchev–Trinajstić information content (AvgIpc) is 3.22. The number of carboxylic acids is 1. The first-order valence-electron chi connectivity index (χ1n) is 9.71. The lowest BCUT2D eigenvalue weighted by Gasteiger charge is -2.29. The molecule has 1 unspecified atom stereocenters. The van der Waals surface area contributed by atoms with E-state index in [1.165, 1.54) is 22.2 Å². The lowest BCUT2D eigenvalue weighted by atomic mass is 9.74. The third-order valence-electron chi connectivity index (χ3n) is 5.87. The van der Waals surface area contributed by atoms with Gasteiger partial charge in [-0.05, 0) is 61.8 Å². The molecule has 0 saturated heterocycles. The fourth-order valence-corrected chi connectivity index (χ4v) is 5.97. The summed E-state index contributed by atoms with van der Waals surface area (Å²) < 4.78 is 0. The molecule has 0 fully saturated rings. The lowest BCUT2D eigenvalue weighted by Crippen LogP contribution is -2.34. The van der Waals surface area contributed by atoms with Crippen LogP contribution >= 0.6 is 11.3 Å². The third-order valence-corrected chi connectivity index (χ3v) is 7.06. The smallest absolute Gasteiger partial charge is 0.313 e. The first-order valence-corrected chi connectivity index (χ1v) is 10.5. The van der Waals surface area contributed by atoms with Crippen molar-refractivity contribution in [1.82, 2.24) is 4.98 Å². The van der Waals surface area contributed by atoms with Crippen molar-refractivity contribution in [3.05, 3.63) is 52.0 Å². The Morgan fingerprint density at radius 3 is 2.67 bits per heavy atom. The van der Waals surface area contributed by atoms with Crippen LogP contribution in [0.15, 0.2) is 30.3 Å². The van der Waals surface area contributed by atoms with Gasteiger partial charge >= 0.3 is 5.97 Å². The average molecular weight is 380 g/mol. The van der Waals surface area contributed by atoms with E-state index in [9.17, 15) is 9.90 Å². The number of carboxylic acid groups (broad SMARTS) is 1. The molecular weight excluding hydrogens is 354 g/mol. The van der Waals surface area contributed by atoms with Gasteiger partial charge in [0.25, 0.3) is 0 Å². The van der Waals surface area contributed by atoms with E-state index in [-0.39, 0.29) is 0 Å². The van der Waals surface area contributed by atoms with Crippen LogP contribution in [0.4, 0.5) is 0 Å². The fourth-order valence-electron chi connectivity index (χ4n) is 4.65. The molecule has 2 aromatic heterocycles. The van der Waals surface area contributed by atoms with E-state index in [0.717, 1.165) is 46.5 Å². The van der Waals surface area contributed by atoms with E-state index in [0.29, 0.717) is 6.42 Å². The van der Waals surface area contributed by atoms with Crippen LogP contribution in [0, 0.1) is 6.92 Å². The van der Waals surface area contributed by atoms with Crippen molar-refractivity contribution < 1.29 is 9.90 Å². The first-order chi connectivity index (χ1) is 13.0. The summed E-state index contributed by atoms with van der Waals surface area (Å²) in [6, 6.07) is 10.3. The Morgan fingerprint density at radius 1 is 1.26 bits per heavy atom. The predicted octanol–water partition coefficient (Wildman–Crippen LogP) is 5.90. The van der Waals surface area contributed by atoms with Crippen molar-refractivity contribution in [2.45, 2.75) is 58.3 Å². The molecule has 1 aliphatic carbocycles. The quantitative estimate of drug-likeness (QED) is 0.600. The Bertz CT molecular complexity index is 1020. The Hall–Kier alpha value is -2.20. The number of thiophene rings is 1. The summed E-state index contributed by atoms with van der Waals surface area (Å²) >= 11 is 1.79. The van der Waals surface area contributed by atoms with Gasteiger partial charge in [0.05, 0.1) is 5.41 Å². The van der Waals surface area contributed by atoms with Gasteiger partial charge in [-0.1, -0.05) is 43.7 Å². The van der Waals surface area contributed by atoms with Crippen LogP contribution in [0.3, 0.4) is 0 Å². The van der Waals surface area contributed by atoms with Crippen molar-refractivity contribution in [2.75, 3.05) is 0 Å². The summed E-state index contributed by atoms with van der Waals surface area (Å²) in [6.07, 6.45) is 4.78. The summed E-state index contributed by atoms with van der Waals surface area (Å²) in [6.45, 7) is 5.89. The topological polar surface area (TPSA) is 50.2 Å². The molecule has 0 aliphatic heterocycles. The summed E-state index contributed by atoms with van der Waals surface area (Å²) in [5.41, 5.74) is 4.38. The summed E-state index contributed by atoms with van der Waals surface area (Å²) in [4.78, 5) is 19.8. The SMILES string of the molecule is CCCC(C)(C(=O)O)c1c(C)nc2sc3c(c2c1-c1ccccc1)CCC3. The molecule has 4 rings (SSSR count). The number of aliphatic carboxylic acids is 1. The maximum atomic E-state index is 12.4. The third kappa shape index (κ3) is 2.78. The minimum atomic E-state index is -0.946. The van der Waals surface area contributed by atoms with Crippen molar-refractivity contribution in [1.29, 1.82) is 0 Å². The van der Waals surface area contributed by atoms with Crippen LogP contribution < -0.4 is 0 Å². The van der Waals surface area contributed by atoms with Gasteiger partial charge in [0, 0.05) is 16.0 Å². The molecule has 1 aliphatic rings. The number of aryl methyl sites for hydroxylation is 3. The van der Waals surface area contributed by atoms with E-state index in [4.69, 9.17) is 4.98 Å². The van der Waals surface area contributed by atoms with Gasteiger partial charge in [0.1, 0.15) is 4.83 Å². The summed E-state index contributed by atoms with van der Waals surface area (Å²) in [7, 11) is 0. The normalized spacial score (nSPS) is 15.7. The highest BCUT2D eigenvalue weighted by molar-refractivity contribution is 7.19. The fraction of sp³-hybridized carbons (Fsp3) is 0.391. The van der Waals surface area contributed by atoms with Gasteiger partial charge in [-0.15, -0.1) is 11.3 Å². The van der Waals surface area contributed by atoms with Crippen molar-refractivity contribution in [2.24, 2.45) is 0 Å². The molecule has 3 aromatic rings. The number of benzene rings is 1. The van der Waals surface area contributed by atoms with Crippen molar-refractivity contribution in [3.63, 3.8) is 0 Å². The monoisotopic (exact) mass is 379 g/mol. The van der Waals surface area contributed by atoms with E-state index >= 15 is 0 Å². The van der Waals surface area contributed by atoms with Crippen molar-refractivity contribution >= 4 is 27.5 Å². The van der Waals surface area contributed by atoms with Gasteiger partial charge in [-0.3, -0.25) is 4.79 Å². The Morgan fingerprint density at radius 2 is 2.00 bits per heavy atom. The van der Waals surface area contributed by atoms with Gasteiger partial charge in [-0.2, -0.15) is 0 Å². The van der Waals surface area contributed by atoms with Crippen LogP contribution in [0.2, 0.25) is 0 Å². The number of carbonyl (C=O) groups is 1. The van der Waals surface area contributed by atoms with Crippen LogP contribution in [-0.2, 0) is 23.1 Å². The van der Waals surface area contributed by atoms with Crippen LogP contribution in [-0.4, -0.2) is 16.1 Å². The minimum absolute atomic E-state index is 0.600. The Balaban J connectivity index is 2.15. The van der Waals surface area contributed by atoms with Crippen molar-refractivity contribution in [3.8, 4) is 11.1 Å². The molecule has 4 heteroatoms. The molecule has 3 nitrogen and oxygen atoms in total. The zero-order valence-electron chi connectivity index (χ0n) is 16.1. The molecule has 1 atom stereocenters. The standard InChI is InChI=1S/C23H25NO2S/c1-4-13-23(3,22(25)26)20-14(2)24-21-19(16-11-8-12-17(16)27-21)18(20)15-9-6-5-7-10-15/h5-7,9-10H,4,8,11-13H2,1-3H3,(H,25,26). The molecule has 0 amide bonds. The number of rotatable bonds is 5. The molecule has 0 saturated carbocycles. The van der Waals surface area contributed by atoms with E-state index in [1.54, 1.807) is 11.3 Å². The molecule has 1 aromatic carbocycles. The minimum Gasteiger partial charge on any atom is -0.481 e. The van der Waals surface area contributed by atoms with Gasteiger partial charge in [-0.25, -0.2) is 4.98 Å². The predicted molar refractivity (Wildman–Crippen MR) is 112 cm³/mol. The summed E-state index contributed by atoms with van der Waals surface area (Å²) in [5.74, 6) is -0.766. The molecule has 140 valence electrons. The number of pyridine rings is 1. The highest BCUT2D eigenvalue weighted by Gasteiger charge is 2.40. The van der Waals surface area contributed by atoms with E-state index < -0.39 is 11.4 Å². The Kier molecular flexibility index (Phi) is 4.55. The van der Waals surface area contributed by atoms with E-state index in [2.05, 4.69) is 12.1 Å².